The Hall–Kier alpha value is -10.9. The average Bonchev–Trinajstić information content (AvgIpc) is 1.81. The lowest BCUT2D eigenvalue weighted by atomic mass is 9.99. The molecule has 32 heteroatoms. The number of rotatable bonds is 39. The quantitative estimate of drug-likeness (QED) is 0.0136. The van der Waals surface area contributed by atoms with Crippen LogP contribution in [0.1, 0.15) is 101 Å². The molecule has 13 amide bonds. The molecule has 0 unspecified atom stereocenters. The smallest absolute Gasteiger partial charge is 0.312 e. The maximum atomic E-state index is 14.9. The van der Waals surface area contributed by atoms with Crippen LogP contribution in [0.4, 0.5) is 4.79 Å². The Kier molecular flexibility index (Phi) is 31.8. The molecule has 4 aromatic carbocycles. The van der Waals surface area contributed by atoms with Crippen molar-refractivity contribution in [3.05, 3.63) is 143 Å². The van der Waals surface area contributed by atoms with Gasteiger partial charge < -0.3 is 91.2 Å². The highest BCUT2D eigenvalue weighted by molar-refractivity contribution is 6.30. The third-order valence-electron chi connectivity index (χ3n) is 16.9. The van der Waals surface area contributed by atoms with E-state index >= 15 is 0 Å². The van der Waals surface area contributed by atoms with Crippen LogP contribution in [-0.2, 0) is 78.4 Å². The Morgan fingerprint density at radius 2 is 1.07 bits per heavy atom. The highest BCUT2D eigenvalue weighted by Gasteiger charge is 2.40. The number of primary amides is 2. The van der Waals surface area contributed by atoms with E-state index in [4.69, 9.17) is 34.5 Å². The minimum absolute atomic E-state index is 0.00968. The monoisotopic (exact) mass is 1440 g/mol. The van der Waals surface area contributed by atoms with Crippen molar-refractivity contribution in [2.45, 2.75) is 165 Å². The Balaban J connectivity index is 1.26. The number of aliphatic imine (C=N–C) groups is 1. The third-order valence-corrected chi connectivity index (χ3v) is 17.2. The van der Waals surface area contributed by atoms with E-state index in [0.29, 0.717) is 33.7 Å². The first-order valence-corrected chi connectivity index (χ1v) is 34.3. The predicted molar refractivity (Wildman–Crippen MR) is 383 cm³/mol. The Bertz CT molecular complexity index is 3790. The number of aromatic hydroxyl groups is 1. The Labute approximate surface area is 601 Å². The van der Waals surface area contributed by atoms with Gasteiger partial charge in [0, 0.05) is 69.7 Å². The summed E-state index contributed by atoms with van der Waals surface area (Å²) >= 11 is 6.23. The van der Waals surface area contributed by atoms with Gasteiger partial charge in [0.25, 0.3) is 0 Å². The number of fused-ring (bicyclic) bond motifs is 1. The van der Waals surface area contributed by atoms with Gasteiger partial charge in [0.05, 0.1) is 6.61 Å². The van der Waals surface area contributed by atoms with Crippen LogP contribution in [0.25, 0.3) is 10.8 Å². The number of nitrogens with zero attached hydrogens (tertiary/aromatic N) is 3. The summed E-state index contributed by atoms with van der Waals surface area (Å²) in [5.74, 6) is -9.69. The van der Waals surface area contributed by atoms with Gasteiger partial charge in [-0.1, -0.05) is 98.2 Å². The highest BCUT2D eigenvalue weighted by atomic mass is 35.5. The molecular weight excluding hydrogens is 1350 g/mol. The number of likely N-dealkylation sites (tertiary alicyclic amines) is 1. The van der Waals surface area contributed by atoms with Crippen LogP contribution >= 0.6 is 11.6 Å². The lowest BCUT2D eigenvalue weighted by molar-refractivity contribution is -0.142. The molecule has 0 radical (unpaired) electrons. The van der Waals surface area contributed by atoms with E-state index < -0.39 is 138 Å². The molecule has 103 heavy (non-hydrogen) atoms. The van der Waals surface area contributed by atoms with Gasteiger partial charge in [-0.25, -0.2) is 4.79 Å². The molecule has 0 spiro atoms. The second-order valence-electron chi connectivity index (χ2n) is 25.7. The van der Waals surface area contributed by atoms with E-state index in [2.05, 4.69) is 63.1 Å². The van der Waals surface area contributed by atoms with Crippen molar-refractivity contribution in [2.24, 2.45) is 33.8 Å². The van der Waals surface area contributed by atoms with Crippen LogP contribution in [0.15, 0.2) is 121 Å². The maximum absolute atomic E-state index is 14.9. The first kappa shape index (κ1) is 81.0. The number of benzene rings is 4. The van der Waals surface area contributed by atoms with Gasteiger partial charge in [0.1, 0.15) is 66.2 Å². The number of phenolic OH excluding ortho intramolecular Hbond substituents is 1. The molecule has 1 aliphatic heterocycles. The number of urea groups is 1. The number of nitrogens with two attached hydrogens (primary N) is 4. The van der Waals surface area contributed by atoms with Crippen LogP contribution in [0.5, 0.6) is 5.75 Å². The largest absolute Gasteiger partial charge is 0.508 e. The SMILES string of the molecule is CC(=O)N[C@H](Cc1ccc2ccccc2c1)C(=O)N[C@H](Cc1ccc(Cl)cc1)C(=O)N[C@H](Cc1cccnc1)C(=O)N[C@@H](CO)C(=O)N[C@@H](Cc1ccc(O)cc1)C(=O)N[C@H](CCCCNC(N)=O)C(=O)N[C@@H](CC(C)C)C(=O)N[C@@H](CCCN=C(N)N)C(=O)N1CCC[C@H]1C(=O)N[C@H](C)C(N)=O. The number of aliphatic hydroxyl groups excluding tert-OH is 1. The summed E-state index contributed by atoms with van der Waals surface area (Å²) in [5, 5.41) is 49.8. The molecule has 2 heterocycles. The molecule has 0 saturated carbocycles. The molecule has 6 rings (SSSR count). The van der Waals surface area contributed by atoms with Crippen molar-refractivity contribution in [2.75, 3.05) is 26.2 Å². The summed E-state index contributed by atoms with van der Waals surface area (Å²) in [6, 6.07) is 13.7. The summed E-state index contributed by atoms with van der Waals surface area (Å²) in [6.45, 7) is 5.35. The fourth-order valence-electron chi connectivity index (χ4n) is 11.6. The van der Waals surface area contributed by atoms with Crippen molar-refractivity contribution in [1.29, 1.82) is 0 Å². The van der Waals surface area contributed by atoms with E-state index in [1.54, 1.807) is 50.2 Å². The molecule has 1 saturated heterocycles. The highest BCUT2D eigenvalue weighted by Crippen LogP contribution is 2.22. The van der Waals surface area contributed by atoms with Crippen molar-refractivity contribution in [3.8, 4) is 5.75 Å². The molecule has 20 N–H and O–H groups in total. The van der Waals surface area contributed by atoms with Gasteiger partial charge in [-0.3, -0.25) is 62.7 Å². The third kappa shape index (κ3) is 26.8. The molecule has 0 bridgehead atoms. The number of aromatic nitrogens is 1. The number of pyridine rings is 1. The van der Waals surface area contributed by atoms with Crippen molar-refractivity contribution < 1.29 is 67.7 Å². The Morgan fingerprint density at radius 3 is 1.63 bits per heavy atom. The fourth-order valence-corrected chi connectivity index (χ4v) is 11.7. The second-order valence-corrected chi connectivity index (χ2v) is 26.1. The molecule has 10 atom stereocenters. The number of hydrogen-bond donors (Lipinski definition) is 16. The topological polar surface area (TPSA) is 498 Å². The fraction of sp³-hybridized carbons (Fsp3) is 0.437. The number of carbonyl (C=O) groups excluding carboxylic acids is 12. The van der Waals surface area contributed by atoms with Gasteiger partial charge in [0.15, 0.2) is 5.96 Å². The summed E-state index contributed by atoms with van der Waals surface area (Å²) in [4.78, 5) is 176. The molecule has 5 aromatic rings. The first-order chi connectivity index (χ1) is 49.1. The average molecular weight is 1450 g/mol. The minimum Gasteiger partial charge on any atom is -0.508 e. The van der Waals surface area contributed by atoms with Gasteiger partial charge in [-0.15, -0.1) is 0 Å². The van der Waals surface area contributed by atoms with Crippen LogP contribution in [0.3, 0.4) is 0 Å². The summed E-state index contributed by atoms with van der Waals surface area (Å²) in [7, 11) is 0. The van der Waals surface area contributed by atoms with E-state index in [9.17, 15) is 67.7 Å². The molecular formula is C71H94ClN17O14. The number of hydrogen-bond acceptors (Lipinski definition) is 16. The molecule has 554 valence electrons. The minimum atomic E-state index is -1.84. The van der Waals surface area contributed by atoms with Crippen LogP contribution in [0, 0.1) is 5.92 Å². The van der Waals surface area contributed by atoms with Crippen molar-refractivity contribution in [3.63, 3.8) is 0 Å². The summed E-state index contributed by atoms with van der Waals surface area (Å²) in [5.41, 5.74) is 23.9. The lowest BCUT2D eigenvalue weighted by Crippen LogP contribution is -2.61. The number of guanidine groups is 1. The zero-order valence-electron chi connectivity index (χ0n) is 58.0. The zero-order chi connectivity index (χ0) is 75.3. The molecule has 1 fully saturated rings. The number of carbonyl (C=O) groups is 12. The van der Waals surface area contributed by atoms with Gasteiger partial charge in [-0.05, 0) is 128 Å². The molecule has 1 aliphatic rings. The number of unbranched alkanes of at least 4 members (excludes halogenated alkanes) is 1. The van der Waals surface area contributed by atoms with Crippen molar-refractivity contribution in [1.82, 2.24) is 63.1 Å². The van der Waals surface area contributed by atoms with E-state index in [0.717, 1.165) is 10.8 Å². The summed E-state index contributed by atoms with van der Waals surface area (Å²) < 4.78 is 0. The van der Waals surface area contributed by atoms with E-state index in [1.165, 1.54) is 55.4 Å². The van der Waals surface area contributed by atoms with Gasteiger partial charge >= 0.3 is 6.03 Å². The molecule has 0 aliphatic carbocycles. The van der Waals surface area contributed by atoms with E-state index in [-0.39, 0.29) is 108 Å². The van der Waals surface area contributed by atoms with Gasteiger partial charge in [-0.2, -0.15) is 0 Å². The number of phenols is 1. The standard InChI is InChI=1S/C71H94ClN17O14/c1-40(2)32-53(62(95)83-52(16-10-30-78-70(74)75)69(102)89-31-11-17-59(89)68(101)80-41(3)60(73)93)84-61(94)51(15-7-8-29-79-71(76)103)82-64(97)55(35-44-21-26-50(92)27-22-44)87-67(100)58(39-90)88-66(99)57(37-46-12-9-28-77-38-46)86-65(98)56(34-43-19-24-49(72)25-20-43)85-63(96)54(81-42(4)91)36-45-18-23-47-13-5-6-14-48(47)33-45/h5-6,9,12-14,18-28,33,38,40-41,51-59,90,92H,7-8,10-11,15-17,29-32,34-37,39H2,1-4H3,(H2,73,93)(H,80,101)(H,81,91)(H,82,97)(H,83,95)(H,84,94)(H,85,96)(H,86,98)(H,87,100)(H,88,99)(H4,74,75,78)(H3,76,79,103)/t41-,51-,52+,53+,54-,55+,56-,57-,58+,59+/m1/s1. The van der Waals surface area contributed by atoms with Crippen molar-refractivity contribution >= 4 is 99.3 Å². The lowest BCUT2D eigenvalue weighted by Gasteiger charge is -2.31. The zero-order valence-corrected chi connectivity index (χ0v) is 58.7. The van der Waals surface area contributed by atoms with E-state index in [1.807, 2.05) is 42.5 Å². The number of amides is 13. The van der Waals surface area contributed by atoms with Crippen LogP contribution in [-0.4, -0.2) is 184 Å². The van der Waals surface area contributed by atoms with Gasteiger partial charge in [0.2, 0.25) is 65.0 Å². The van der Waals surface area contributed by atoms with Crippen LogP contribution < -0.4 is 76.1 Å². The second kappa shape index (κ2) is 40.5. The predicted octanol–water partition coefficient (Wildman–Crippen LogP) is -0.326. The summed E-state index contributed by atoms with van der Waals surface area (Å²) in [6.07, 6.45) is 3.23. The number of halogens is 1. The number of aliphatic hydroxyl groups is 1. The normalized spacial score (nSPS) is 15.2. The first-order valence-electron chi connectivity index (χ1n) is 34.0. The number of nitrogens with one attached hydrogen (secondary N) is 10. The maximum Gasteiger partial charge on any atom is 0.312 e. The Morgan fingerprint density at radius 1 is 0.563 bits per heavy atom. The van der Waals surface area contributed by atoms with Crippen LogP contribution in [0.2, 0.25) is 5.02 Å². The molecule has 31 nitrogen and oxygen atoms in total. The molecule has 1 aromatic heterocycles.